The lowest BCUT2D eigenvalue weighted by Crippen LogP contribution is -2.52. The number of aromatic nitrogens is 1. The lowest BCUT2D eigenvalue weighted by atomic mass is 9.77. The van der Waals surface area contributed by atoms with Crippen LogP contribution in [-0.2, 0) is 10.3 Å². The summed E-state index contributed by atoms with van der Waals surface area (Å²) in [5.41, 5.74) is 4.86. The fraction of sp³-hybridized carbons (Fsp3) is 0.316. The molecule has 1 amide bonds. The smallest absolute Gasteiger partial charge is 0.274 e. The molecule has 1 aromatic heterocycles. The third kappa shape index (κ3) is 3.65. The number of nitrogens with two attached hydrogens (primary N) is 1. The number of carbonyl (C=O) groups excluding carboxylic acids is 1. The molecule has 1 atom stereocenters. The third-order valence-electron chi connectivity index (χ3n) is 4.83. The van der Waals surface area contributed by atoms with E-state index in [0.717, 1.165) is 0 Å². The van der Waals surface area contributed by atoms with Crippen molar-refractivity contribution in [3.63, 3.8) is 0 Å². The van der Waals surface area contributed by atoms with Crippen molar-refractivity contribution >= 4 is 29.0 Å². The monoisotopic (exact) mass is 390 g/mol. The van der Waals surface area contributed by atoms with Crippen LogP contribution in [0.2, 0.25) is 5.02 Å². The Labute approximate surface area is 161 Å². The quantitative estimate of drug-likeness (QED) is 0.839. The van der Waals surface area contributed by atoms with Crippen molar-refractivity contribution in [1.29, 1.82) is 0 Å². The Balaban J connectivity index is 1.96. The van der Waals surface area contributed by atoms with E-state index in [9.17, 15) is 9.18 Å². The van der Waals surface area contributed by atoms with Crippen molar-refractivity contribution in [3.05, 3.63) is 58.6 Å². The predicted octanol–water partition coefficient (Wildman–Crippen LogP) is 3.51. The number of benzene rings is 1. The largest absolute Gasteiger partial charge is 0.386 e. The third-order valence-corrected chi connectivity index (χ3v) is 5.05. The van der Waals surface area contributed by atoms with Crippen LogP contribution in [0.25, 0.3) is 0 Å². The molecule has 0 bridgehead atoms. The van der Waals surface area contributed by atoms with Gasteiger partial charge in [-0.2, -0.15) is 0 Å². The first-order valence-electron chi connectivity index (χ1n) is 8.33. The molecular weight excluding hydrogens is 371 g/mol. The van der Waals surface area contributed by atoms with E-state index in [2.05, 4.69) is 15.3 Å². The molecule has 6 nitrogen and oxygen atoms in total. The first-order chi connectivity index (χ1) is 12.6. The van der Waals surface area contributed by atoms with E-state index in [0.29, 0.717) is 10.7 Å². The van der Waals surface area contributed by atoms with Gasteiger partial charge in [0, 0.05) is 17.4 Å². The second-order valence-corrected chi connectivity index (χ2v) is 7.42. The van der Waals surface area contributed by atoms with Gasteiger partial charge in [-0.3, -0.25) is 9.79 Å². The minimum atomic E-state index is -1.06. The highest BCUT2D eigenvalue weighted by atomic mass is 35.5. The van der Waals surface area contributed by atoms with Gasteiger partial charge in [-0.05, 0) is 51.1 Å². The summed E-state index contributed by atoms with van der Waals surface area (Å²) < 4.78 is 20.4. The molecule has 1 aromatic carbocycles. The maximum absolute atomic E-state index is 14.7. The topological polar surface area (TPSA) is 89.6 Å². The van der Waals surface area contributed by atoms with E-state index < -0.39 is 22.9 Å². The van der Waals surface area contributed by atoms with Crippen molar-refractivity contribution in [2.24, 2.45) is 10.7 Å². The number of ether oxygens (including phenoxy) is 1. The first-order valence-corrected chi connectivity index (χ1v) is 8.71. The molecule has 0 aliphatic carbocycles. The summed E-state index contributed by atoms with van der Waals surface area (Å²) in [5.74, 6) is -0.609. The van der Waals surface area contributed by atoms with Crippen molar-refractivity contribution in [3.8, 4) is 0 Å². The van der Waals surface area contributed by atoms with Crippen LogP contribution in [0.4, 0.5) is 10.1 Å². The molecule has 3 rings (SSSR count). The Hall–Kier alpha value is -2.51. The van der Waals surface area contributed by atoms with E-state index >= 15 is 0 Å². The highest BCUT2D eigenvalue weighted by molar-refractivity contribution is 6.30. The van der Waals surface area contributed by atoms with Crippen molar-refractivity contribution in [2.45, 2.75) is 31.9 Å². The van der Waals surface area contributed by atoms with Gasteiger partial charge in [-0.1, -0.05) is 11.6 Å². The van der Waals surface area contributed by atoms with Crippen LogP contribution >= 0.6 is 11.6 Å². The molecule has 8 heteroatoms. The summed E-state index contributed by atoms with van der Waals surface area (Å²) in [5, 5.41) is 3.14. The molecule has 0 fully saturated rings. The van der Waals surface area contributed by atoms with E-state index in [-0.39, 0.29) is 23.7 Å². The molecule has 0 saturated carbocycles. The molecule has 0 saturated heterocycles. The molecule has 1 aliphatic rings. The Bertz CT molecular complexity index is 914. The Morgan fingerprint density at radius 2 is 2.04 bits per heavy atom. The van der Waals surface area contributed by atoms with Gasteiger partial charge in [0.05, 0.1) is 10.6 Å². The van der Waals surface area contributed by atoms with Gasteiger partial charge < -0.3 is 15.8 Å². The number of amidine groups is 1. The number of aliphatic imine (C=N–C) groups is 1. The van der Waals surface area contributed by atoms with E-state index in [4.69, 9.17) is 22.1 Å². The molecular formula is C19H20ClFN4O2. The SMILES string of the molecule is CC1(C)OCC(N)=NC1(C)c1cc(NC(=O)c2ccc(Cl)cn2)ccc1F. The summed E-state index contributed by atoms with van der Waals surface area (Å²) in [6.45, 7) is 5.59. The maximum atomic E-state index is 14.7. The van der Waals surface area contributed by atoms with Gasteiger partial charge in [0.15, 0.2) is 0 Å². The van der Waals surface area contributed by atoms with Gasteiger partial charge in [-0.15, -0.1) is 0 Å². The van der Waals surface area contributed by atoms with Crippen LogP contribution in [0.5, 0.6) is 0 Å². The predicted molar refractivity (Wildman–Crippen MR) is 103 cm³/mol. The Morgan fingerprint density at radius 3 is 2.70 bits per heavy atom. The van der Waals surface area contributed by atoms with E-state index in [1.807, 2.05) is 13.8 Å². The number of carbonyl (C=O) groups is 1. The molecule has 1 unspecified atom stereocenters. The number of halogens is 2. The van der Waals surface area contributed by atoms with Crippen molar-refractivity contribution in [2.75, 3.05) is 11.9 Å². The van der Waals surface area contributed by atoms with Crippen LogP contribution in [0.1, 0.15) is 36.8 Å². The highest BCUT2D eigenvalue weighted by Gasteiger charge is 2.47. The fourth-order valence-corrected chi connectivity index (χ4v) is 3.03. The number of hydrogen-bond donors (Lipinski definition) is 2. The van der Waals surface area contributed by atoms with Crippen molar-refractivity contribution < 1.29 is 13.9 Å². The van der Waals surface area contributed by atoms with Gasteiger partial charge in [0.1, 0.15) is 29.5 Å². The van der Waals surface area contributed by atoms with Gasteiger partial charge >= 0.3 is 0 Å². The molecule has 1 aliphatic heterocycles. The average Bonchev–Trinajstić information content (AvgIpc) is 2.61. The number of nitrogens with zero attached hydrogens (tertiary/aromatic N) is 2. The second-order valence-electron chi connectivity index (χ2n) is 6.98. The fourth-order valence-electron chi connectivity index (χ4n) is 2.91. The number of anilines is 1. The van der Waals surface area contributed by atoms with Gasteiger partial charge in [-0.25, -0.2) is 9.37 Å². The summed E-state index contributed by atoms with van der Waals surface area (Å²) >= 11 is 5.78. The zero-order chi connectivity index (χ0) is 19.8. The lowest BCUT2D eigenvalue weighted by Gasteiger charge is -2.44. The molecule has 3 N–H and O–H groups in total. The molecule has 142 valence electrons. The summed E-state index contributed by atoms with van der Waals surface area (Å²) in [4.78, 5) is 20.8. The Morgan fingerprint density at radius 1 is 1.30 bits per heavy atom. The Kier molecular flexibility index (Phi) is 4.92. The molecule has 0 radical (unpaired) electrons. The highest BCUT2D eigenvalue weighted by Crippen LogP contribution is 2.43. The number of rotatable bonds is 3. The average molecular weight is 391 g/mol. The van der Waals surface area contributed by atoms with Crippen LogP contribution < -0.4 is 11.1 Å². The number of nitrogens with one attached hydrogen (secondary N) is 1. The second kappa shape index (κ2) is 6.90. The first kappa shape index (κ1) is 19.3. The van der Waals surface area contributed by atoms with Crippen LogP contribution in [0, 0.1) is 5.82 Å². The van der Waals surface area contributed by atoms with Gasteiger partial charge in [0.2, 0.25) is 0 Å². The molecule has 27 heavy (non-hydrogen) atoms. The van der Waals surface area contributed by atoms with Gasteiger partial charge in [0.25, 0.3) is 5.91 Å². The summed E-state index contributed by atoms with van der Waals surface area (Å²) in [7, 11) is 0. The van der Waals surface area contributed by atoms with Crippen molar-refractivity contribution in [1.82, 2.24) is 4.98 Å². The maximum Gasteiger partial charge on any atom is 0.274 e. The zero-order valence-electron chi connectivity index (χ0n) is 15.2. The zero-order valence-corrected chi connectivity index (χ0v) is 16.0. The van der Waals surface area contributed by atoms with E-state index in [1.54, 1.807) is 13.0 Å². The standard InChI is InChI=1S/C19H20ClFN4O2/c1-18(2)19(3,25-16(22)10-27-18)13-8-12(5-6-14(13)21)24-17(26)15-7-4-11(20)9-23-15/h4-9H,10H2,1-3H3,(H2,22,25)(H,24,26). The minimum Gasteiger partial charge on any atom is -0.386 e. The van der Waals surface area contributed by atoms with Crippen LogP contribution in [0.15, 0.2) is 41.5 Å². The van der Waals surface area contributed by atoms with Crippen LogP contribution in [-0.4, -0.2) is 28.9 Å². The minimum absolute atomic E-state index is 0.183. The molecule has 2 heterocycles. The van der Waals surface area contributed by atoms with E-state index in [1.165, 1.54) is 30.5 Å². The lowest BCUT2D eigenvalue weighted by molar-refractivity contribution is -0.0637. The summed E-state index contributed by atoms with van der Waals surface area (Å²) in [6.07, 6.45) is 1.38. The number of hydrogen-bond acceptors (Lipinski definition) is 5. The summed E-state index contributed by atoms with van der Waals surface area (Å²) in [6, 6.07) is 7.37. The number of pyridine rings is 1. The molecule has 2 aromatic rings. The normalized spacial score (nSPS) is 21.4. The van der Waals surface area contributed by atoms with Crippen LogP contribution in [0.3, 0.4) is 0 Å². The molecule has 0 spiro atoms. The number of amides is 1.